The quantitative estimate of drug-likeness (QED) is 0.619. The van der Waals surface area contributed by atoms with Crippen molar-refractivity contribution in [1.82, 2.24) is 15.3 Å². The van der Waals surface area contributed by atoms with Crippen LogP contribution in [0.5, 0.6) is 0 Å². The normalized spacial score (nSPS) is 10.3. The van der Waals surface area contributed by atoms with Gasteiger partial charge in [0.2, 0.25) is 5.91 Å². The van der Waals surface area contributed by atoms with Gasteiger partial charge in [0.15, 0.2) is 5.16 Å². The Morgan fingerprint density at radius 3 is 2.64 bits per heavy atom. The molecule has 0 unspecified atom stereocenters. The molecule has 1 aromatic carbocycles. The maximum absolute atomic E-state index is 11.8. The van der Waals surface area contributed by atoms with E-state index in [1.165, 1.54) is 24.0 Å². The Hall–Kier alpha value is -2.28. The van der Waals surface area contributed by atoms with Crippen molar-refractivity contribution >= 4 is 23.4 Å². The lowest BCUT2D eigenvalue weighted by Crippen LogP contribution is -2.24. The average molecular weight is 318 g/mol. The van der Waals surface area contributed by atoms with Crippen LogP contribution < -0.4 is 15.8 Å². The highest BCUT2D eigenvalue weighted by Crippen LogP contribution is 2.12. The SMILES string of the molecule is CN(C)c1ccc(CNC(=O)CSc2nccc(=O)[nH]2)cc1. The van der Waals surface area contributed by atoms with Gasteiger partial charge in [-0.1, -0.05) is 23.9 Å². The third-order valence-corrected chi connectivity index (χ3v) is 3.82. The molecule has 22 heavy (non-hydrogen) atoms. The zero-order chi connectivity index (χ0) is 15.9. The van der Waals surface area contributed by atoms with E-state index in [2.05, 4.69) is 15.3 Å². The lowest BCUT2D eigenvalue weighted by Gasteiger charge is -2.12. The number of H-pyrrole nitrogens is 1. The summed E-state index contributed by atoms with van der Waals surface area (Å²) in [5, 5.41) is 3.28. The Balaban J connectivity index is 1.79. The number of aromatic amines is 1. The van der Waals surface area contributed by atoms with E-state index in [9.17, 15) is 9.59 Å². The molecular formula is C15H18N4O2S. The van der Waals surface area contributed by atoms with Gasteiger partial charge in [0.1, 0.15) is 0 Å². The highest BCUT2D eigenvalue weighted by atomic mass is 32.2. The third kappa shape index (κ3) is 4.92. The second-order valence-corrected chi connectivity index (χ2v) is 5.83. The summed E-state index contributed by atoms with van der Waals surface area (Å²) < 4.78 is 0. The molecule has 0 bridgehead atoms. The largest absolute Gasteiger partial charge is 0.378 e. The number of rotatable bonds is 6. The van der Waals surface area contributed by atoms with Crippen molar-refractivity contribution in [3.05, 3.63) is 52.4 Å². The molecule has 0 aliphatic carbocycles. The molecule has 0 atom stereocenters. The first-order valence-corrected chi connectivity index (χ1v) is 7.74. The van der Waals surface area contributed by atoms with Crippen molar-refractivity contribution in [2.45, 2.75) is 11.7 Å². The molecule has 2 aromatic rings. The topological polar surface area (TPSA) is 78.1 Å². The fraction of sp³-hybridized carbons (Fsp3) is 0.267. The first-order chi connectivity index (χ1) is 10.5. The van der Waals surface area contributed by atoms with Crippen LogP contribution in [-0.2, 0) is 11.3 Å². The van der Waals surface area contributed by atoms with Gasteiger partial charge in [-0.15, -0.1) is 0 Å². The summed E-state index contributed by atoms with van der Waals surface area (Å²) in [6.07, 6.45) is 1.42. The number of hydrogen-bond acceptors (Lipinski definition) is 5. The van der Waals surface area contributed by atoms with E-state index in [-0.39, 0.29) is 17.2 Å². The number of aromatic nitrogens is 2. The van der Waals surface area contributed by atoms with Crippen LogP contribution in [0, 0.1) is 0 Å². The number of anilines is 1. The number of hydrogen-bond donors (Lipinski definition) is 2. The lowest BCUT2D eigenvalue weighted by molar-refractivity contribution is -0.118. The maximum atomic E-state index is 11.8. The molecule has 0 saturated heterocycles. The Morgan fingerprint density at radius 2 is 2.00 bits per heavy atom. The van der Waals surface area contributed by atoms with Gasteiger partial charge >= 0.3 is 0 Å². The summed E-state index contributed by atoms with van der Waals surface area (Å²) in [6, 6.07) is 9.32. The molecule has 2 N–H and O–H groups in total. The number of carbonyl (C=O) groups excluding carboxylic acids is 1. The summed E-state index contributed by atoms with van der Waals surface area (Å²) in [5.74, 6) is 0.108. The van der Waals surface area contributed by atoms with E-state index >= 15 is 0 Å². The lowest BCUT2D eigenvalue weighted by atomic mass is 10.2. The molecule has 0 radical (unpaired) electrons. The predicted octanol–water partition coefficient (Wildman–Crippen LogP) is 1.24. The minimum Gasteiger partial charge on any atom is -0.378 e. The van der Waals surface area contributed by atoms with Crippen molar-refractivity contribution in [2.24, 2.45) is 0 Å². The van der Waals surface area contributed by atoms with Crippen molar-refractivity contribution < 1.29 is 4.79 Å². The Bertz CT molecular complexity index is 682. The number of carbonyl (C=O) groups is 1. The van der Waals surface area contributed by atoms with Crippen LogP contribution in [-0.4, -0.2) is 35.7 Å². The smallest absolute Gasteiger partial charge is 0.251 e. The number of benzene rings is 1. The molecule has 0 aliphatic heterocycles. The molecule has 1 amide bonds. The molecular weight excluding hydrogens is 300 g/mol. The highest BCUT2D eigenvalue weighted by molar-refractivity contribution is 7.99. The molecule has 0 saturated carbocycles. The van der Waals surface area contributed by atoms with Gasteiger partial charge in [-0.2, -0.15) is 0 Å². The zero-order valence-corrected chi connectivity index (χ0v) is 13.3. The monoisotopic (exact) mass is 318 g/mol. The third-order valence-electron chi connectivity index (χ3n) is 2.93. The van der Waals surface area contributed by atoms with E-state index in [0.29, 0.717) is 11.7 Å². The molecule has 0 fully saturated rings. The van der Waals surface area contributed by atoms with E-state index in [0.717, 1.165) is 11.3 Å². The fourth-order valence-electron chi connectivity index (χ4n) is 1.72. The molecule has 6 nitrogen and oxygen atoms in total. The van der Waals surface area contributed by atoms with Crippen LogP contribution in [0.25, 0.3) is 0 Å². The molecule has 116 valence electrons. The van der Waals surface area contributed by atoms with Crippen molar-refractivity contribution in [3.63, 3.8) is 0 Å². The van der Waals surface area contributed by atoms with Gasteiger partial charge in [-0.25, -0.2) is 4.98 Å². The van der Waals surface area contributed by atoms with Crippen molar-refractivity contribution in [2.75, 3.05) is 24.7 Å². The van der Waals surface area contributed by atoms with Crippen LogP contribution in [0.15, 0.2) is 46.5 Å². The minimum atomic E-state index is -0.223. The van der Waals surface area contributed by atoms with Crippen LogP contribution >= 0.6 is 11.8 Å². The maximum Gasteiger partial charge on any atom is 0.251 e. The standard InChI is InChI=1S/C15H18N4O2S/c1-19(2)12-5-3-11(4-6-12)9-17-14(21)10-22-15-16-8-7-13(20)18-15/h3-8H,9-10H2,1-2H3,(H,17,21)(H,16,18,20). The Morgan fingerprint density at radius 1 is 1.27 bits per heavy atom. The van der Waals surface area contributed by atoms with Gasteiger partial charge in [0.25, 0.3) is 5.56 Å². The molecule has 0 aliphatic rings. The predicted molar refractivity (Wildman–Crippen MR) is 88.2 cm³/mol. The van der Waals surface area contributed by atoms with Crippen LogP contribution in [0.1, 0.15) is 5.56 Å². The van der Waals surface area contributed by atoms with Gasteiger partial charge in [-0.05, 0) is 17.7 Å². The van der Waals surface area contributed by atoms with Crippen LogP contribution in [0.3, 0.4) is 0 Å². The van der Waals surface area contributed by atoms with Gasteiger partial charge in [0.05, 0.1) is 5.75 Å². The first kappa shape index (κ1) is 16.1. The highest BCUT2D eigenvalue weighted by Gasteiger charge is 2.04. The second kappa shape index (κ2) is 7.65. The first-order valence-electron chi connectivity index (χ1n) is 6.75. The van der Waals surface area contributed by atoms with E-state index in [1.54, 1.807) is 0 Å². The summed E-state index contributed by atoms with van der Waals surface area (Å²) in [5.41, 5.74) is 1.93. The van der Waals surface area contributed by atoms with Crippen molar-refractivity contribution in [3.8, 4) is 0 Å². The second-order valence-electron chi connectivity index (χ2n) is 4.87. The van der Waals surface area contributed by atoms with Crippen molar-refractivity contribution in [1.29, 1.82) is 0 Å². The van der Waals surface area contributed by atoms with E-state index < -0.39 is 0 Å². The summed E-state index contributed by atoms with van der Waals surface area (Å²) >= 11 is 1.20. The van der Waals surface area contributed by atoms with E-state index in [4.69, 9.17) is 0 Å². The van der Waals surface area contributed by atoms with Crippen LogP contribution in [0.4, 0.5) is 5.69 Å². The van der Waals surface area contributed by atoms with Gasteiger partial charge < -0.3 is 15.2 Å². The van der Waals surface area contributed by atoms with Gasteiger partial charge in [-0.3, -0.25) is 9.59 Å². The minimum absolute atomic E-state index is 0.104. The summed E-state index contributed by atoms with van der Waals surface area (Å²) in [6.45, 7) is 0.478. The zero-order valence-electron chi connectivity index (χ0n) is 12.5. The molecule has 2 rings (SSSR count). The molecule has 7 heteroatoms. The number of nitrogens with zero attached hydrogens (tertiary/aromatic N) is 2. The Kier molecular flexibility index (Phi) is 5.60. The average Bonchev–Trinajstić information content (AvgIpc) is 2.51. The number of thioether (sulfide) groups is 1. The summed E-state index contributed by atoms with van der Waals surface area (Å²) in [7, 11) is 3.96. The van der Waals surface area contributed by atoms with Crippen LogP contribution in [0.2, 0.25) is 0 Å². The number of amides is 1. The molecule has 0 spiro atoms. The van der Waals surface area contributed by atoms with Gasteiger partial charge in [0, 0.05) is 38.6 Å². The Labute approximate surface area is 133 Å². The molecule has 1 aromatic heterocycles. The number of nitrogens with one attached hydrogen (secondary N) is 2. The summed E-state index contributed by atoms with van der Waals surface area (Å²) in [4.78, 5) is 31.5. The molecule has 1 heterocycles. The van der Waals surface area contributed by atoms with E-state index in [1.807, 2.05) is 43.3 Å². The fourth-order valence-corrected chi connectivity index (χ4v) is 2.40.